The number of alkyl halides is 3. The second kappa shape index (κ2) is 10.3. The van der Waals surface area contributed by atoms with Crippen molar-refractivity contribution < 1.29 is 32.7 Å². The quantitative estimate of drug-likeness (QED) is 0.273. The smallest absolute Gasteiger partial charge is 0.406 e. The average Bonchev–Trinajstić information content (AvgIpc) is 2.54. The molecule has 0 heterocycles. The van der Waals surface area contributed by atoms with Gasteiger partial charge in [0.15, 0.2) is 0 Å². The summed E-state index contributed by atoms with van der Waals surface area (Å²) in [5.41, 5.74) is 1.93. The Kier molecular flexibility index (Phi) is 8.48. The molecule has 0 aliphatic heterocycles. The molecule has 0 saturated heterocycles. The zero-order chi connectivity index (χ0) is 18.7. The van der Waals surface area contributed by atoms with Crippen LogP contribution in [-0.4, -0.2) is 29.9 Å². The lowest BCUT2D eigenvalue weighted by molar-refractivity contribution is -0.274. The first kappa shape index (κ1) is 20.5. The van der Waals surface area contributed by atoms with E-state index >= 15 is 0 Å². The van der Waals surface area contributed by atoms with Gasteiger partial charge in [-0.05, 0) is 36.6 Å². The maximum absolute atomic E-state index is 12.1. The molecular formula is C16H19F3N2O4. The fraction of sp³-hybridized carbons (Fsp3) is 0.375. The molecule has 0 aromatic heterocycles. The van der Waals surface area contributed by atoms with Crippen molar-refractivity contribution in [2.24, 2.45) is 0 Å². The number of ether oxygens (including phenoxy) is 1. The van der Waals surface area contributed by atoms with Gasteiger partial charge in [0.25, 0.3) is 0 Å². The SMILES string of the molecule is O=C(C=Cc1cccc(OC(F)(F)F)c1)NCCCCCC(=O)NO. The van der Waals surface area contributed by atoms with Crippen LogP contribution in [0.2, 0.25) is 0 Å². The molecule has 2 amide bonds. The van der Waals surface area contributed by atoms with Crippen LogP contribution in [-0.2, 0) is 9.59 Å². The minimum atomic E-state index is -4.77. The van der Waals surface area contributed by atoms with Gasteiger partial charge in [-0.2, -0.15) is 0 Å². The molecule has 3 N–H and O–H groups in total. The predicted molar refractivity (Wildman–Crippen MR) is 83.6 cm³/mol. The number of hydrogen-bond donors (Lipinski definition) is 3. The van der Waals surface area contributed by atoms with E-state index in [0.717, 1.165) is 0 Å². The number of rotatable bonds is 9. The molecule has 0 atom stereocenters. The van der Waals surface area contributed by atoms with Crippen LogP contribution in [0.1, 0.15) is 31.2 Å². The summed E-state index contributed by atoms with van der Waals surface area (Å²) >= 11 is 0. The number of halogens is 3. The first-order valence-electron chi connectivity index (χ1n) is 7.55. The van der Waals surface area contributed by atoms with E-state index in [-0.39, 0.29) is 18.1 Å². The first-order chi connectivity index (χ1) is 11.8. The van der Waals surface area contributed by atoms with Gasteiger partial charge in [0, 0.05) is 19.0 Å². The lowest BCUT2D eigenvalue weighted by atomic mass is 10.2. The standard InChI is InChI=1S/C16H19F3N2O4/c17-16(18,19)25-13-6-4-5-12(11-13)8-9-14(22)20-10-3-1-2-7-15(23)21-24/h4-6,8-9,11,24H,1-3,7,10H2,(H,20,22)(H,21,23). The van der Waals surface area contributed by atoms with E-state index in [4.69, 9.17) is 5.21 Å². The van der Waals surface area contributed by atoms with Gasteiger partial charge in [-0.3, -0.25) is 14.8 Å². The summed E-state index contributed by atoms with van der Waals surface area (Å²) in [6.07, 6.45) is -0.0140. The molecule has 0 fully saturated rings. The van der Waals surface area contributed by atoms with Crippen LogP contribution < -0.4 is 15.5 Å². The number of carbonyl (C=O) groups is 2. The molecule has 0 saturated carbocycles. The van der Waals surface area contributed by atoms with Gasteiger partial charge in [0.1, 0.15) is 5.75 Å². The van der Waals surface area contributed by atoms with Gasteiger partial charge < -0.3 is 10.1 Å². The van der Waals surface area contributed by atoms with E-state index in [9.17, 15) is 22.8 Å². The molecule has 25 heavy (non-hydrogen) atoms. The van der Waals surface area contributed by atoms with E-state index < -0.39 is 12.3 Å². The highest BCUT2D eigenvalue weighted by atomic mass is 19.4. The lowest BCUT2D eigenvalue weighted by Gasteiger charge is -2.08. The molecule has 1 aromatic rings. The molecule has 0 unspecified atom stereocenters. The third-order valence-corrected chi connectivity index (χ3v) is 3.02. The second-order valence-corrected chi connectivity index (χ2v) is 5.09. The minimum Gasteiger partial charge on any atom is -0.406 e. The van der Waals surface area contributed by atoms with Crippen molar-refractivity contribution in [2.75, 3.05) is 6.54 Å². The molecule has 6 nitrogen and oxygen atoms in total. The second-order valence-electron chi connectivity index (χ2n) is 5.09. The van der Waals surface area contributed by atoms with Crippen LogP contribution in [0.15, 0.2) is 30.3 Å². The Hall–Kier alpha value is -2.55. The topological polar surface area (TPSA) is 87.7 Å². The van der Waals surface area contributed by atoms with Crippen LogP contribution in [0.4, 0.5) is 13.2 Å². The van der Waals surface area contributed by atoms with Gasteiger partial charge in [-0.1, -0.05) is 18.6 Å². The third-order valence-electron chi connectivity index (χ3n) is 3.02. The summed E-state index contributed by atoms with van der Waals surface area (Å²) in [5, 5.41) is 10.9. The Balaban J connectivity index is 2.32. The Labute approximate surface area is 142 Å². The minimum absolute atomic E-state index is 0.209. The lowest BCUT2D eigenvalue weighted by Crippen LogP contribution is -2.22. The first-order valence-corrected chi connectivity index (χ1v) is 7.55. The van der Waals surface area contributed by atoms with Gasteiger partial charge in [-0.15, -0.1) is 13.2 Å². The molecule has 1 rings (SSSR count). The zero-order valence-electron chi connectivity index (χ0n) is 13.3. The Morgan fingerprint density at radius 1 is 1.20 bits per heavy atom. The predicted octanol–water partition coefficient (Wildman–Crippen LogP) is 2.78. The highest BCUT2D eigenvalue weighted by Crippen LogP contribution is 2.23. The summed E-state index contributed by atoms with van der Waals surface area (Å²) in [4.78, 5) is 22.4. The average molecular weight is 360 g/mol. The number of unbranched alkanes of at least 4 members (excludes halogenated alkanes) is 2. The summed E-state index contributed by atoms with van der Waals surface area (Å²) in [7, 11) is 0. The molecule has 138 valence electrons. The normalized spacial score (nSPS) is 11.4. The summed E-state index contributed by atoms with van der Waals surface area (Å²) < 4.78 is 40.2. The number of benzene rings is 1. The van der Waals surface area contributed by atoms with Crippen LogP contribution in [0.3, 0.4) is 0 Å². The van der Waals surface area contributed by atoms with Crippen LogP contribution >= 0.6 is 0 Å². The fourth-order valence-electron chi connectivity index (χ4n) is 1.90. The monoisotopic (exact) mass is 360 g/mol. The van der Waals surface area contributed by atoms with Crippen molar-refractivity contribution in [3.8, 4) is 5.75 Å². The summed E-state index contributed by atoms with van der Waals surface area (Å²) in [5.74, 6) is -1.19. The van der Waals surface area contributed by atoms with Crippen LogP contribution in [0.5, 0.6) is 5.75 Å². The van der Waals surface area contributed by atoms with Gasteiger partial charge in [0.05, 0.1) is 0 Å². The third kappa shape index (κ3) is 10.0. The Morgan fingerprint density at radius 2 is 1.96 bits per heavy atom. The van der Waals surface area contributed by atoms with E-state index in [1.165, 1.54) is 35.8 Å². The molecule has 0 aliphatic rings. The molecule has 0 aliphatic carbocycles. The molecule has 0 spiro atoms. The molecule has 0 radical (unpaired) electrons. The Morgan fingerprint density at radius 3 is 2.64 bits per heavy atom. The van der Waals surface area contributed by atoms with E-state index in [0.29, 0.717) is 31.4 Å². The van der Waals surface area contributed by atoms with E-state index in [1.807, 2.05) is 0 Å². The summed E-state index contributed by atoms with van der Waals surface area (Å²) in [6.45, 7) is 0.404. The number of hydroxylamine groups is 1. The maximum Gasteiger partial charge on any atom is 0.573 e. The van der Waals surface area contributed by atoms with Crippen LogP contribution in [0.25, 0.3) is 6.08 Å². The number of carbonyl (C=O) groups excluding carboxylic acids is 2. The van der Waals surface area contributed by atoms with Gasteiger partial charge in [0.2, 0.25) is 11.8 Å². The van der Waals surface area contributed by atoms with E-state index in [2.05, 4.69) is 10.1 Å². The van der Waals surface area contributed by atoms with Crippen molar-refractivity contribution in [2.45, 2.75) is 32.0 Å². The number of hydrogen-bond acceptors (Lipinski definition) is 4. The number of nitrogens with one attached hydrogen (secondary N) is 2. The van der Waals surface area contributed by atoms with Crippen molar-refractivity contribution in [1.29, 1.82) is 0 Å². The number of amides is 2. The molecular weight excluding hydrogens is 341 g/mol. The highest BCUT2D eigenvalue weighted by molar-refractivity contribution is 5.91. The van der Waals surface area contributed by atoms with Crippen molar-refractivity contribution >= 4 is 17.9 Å². The van der Waals surface area contributed by atoms with Gasteiger partial charge in [-0.25, -0.2) is 5.48 Å². The molecule has 0 bridgehead atoms. The zero-order valence-corrected chi connectivity index (χ0v) is 13.3. The highest BCUT2D eigenvalue weighted by Gasteiger charge is 2.30. The van der Waals surface area contributed by atoms with Gasteiger partial charge >= 0.3 is 6.36 Å². The van der Waals surface area contributed by atoms with E-state index in [1.54, 1.807) is 6.07 Å². The summed E-state index contributed by atoms with van der Waals surface area (Å²) in [6, 6.07) is 5.27. The molecule has 9 heteroatoms. The molecule has 1 aromatic carbocycles. The fourth-order valence-corrected chi connectivity index (χ4v) is 1.90. The van der Waals surface area contributed by atoms with Crippen molar-refractivity contribution in [3.05, 3.63) is 35.9 Å². The van der Waals surface area contributed by atoms with Crippen molar-refractivity contribution in [1.82, 2.24) is 10.8 Å². The Bertz CT molecular complexity index is 603. The largest absolute Gasteiger partial charge is 0.573 e. The van der Waals surface area contributed by atoms with Crippen molar-refractivity contribution in [3.63, 3.8) is 0 Å². The van der Waals surface area contributed by atoms with Crippen LogP contribution in [0, 0.1) is 0 Å². The maximum atomic E-state index is 12.1.